The topological polar surface area (TPSA) is 96.4 Å². The Balaban J connectivity index is 2.33. The highest BCUT2D eigenvalue weighted by molar-refractivity contribution is 7.94. The summed E-state index contributed by atoms with van der Waals surface area (Å²) < 4.78 is 26.9. The number of aromatic carboxylic acids is 1. The van der Waals surface area contributed by atoms with Gasteiger partial charge in [0.15, 0.2) is 0 Å². The van der Waals surface area contributed by atoms with E-state index in [-0.39, 0.29) is 15.5 Å². The third kappa shape index (κ3) is 3.09. The summed E-state index contributed by atoms with van der Waals surface area (Å²) in [6.45, 7) is 1.70. The number of rotatable bonds is 4. The number of carboxylic acid groups (broad SMARTS) is 1. The van der Waals surface area contributed by atoms with Gasteiger partial charge >= 0.3 is 5.97 Å². The average Bonchev–Trinajstić information content (AvgIpc) is 2.70. The number of hydrogen-bond acceptors (Lipinski definition) is 5. The second kappa shape index (κ2) is 5.39. The lowest BCUT2D eigenvalue weighted by Crippen LogP contribution is -2.12. The van der Waals surface area contributed by atoms with Crippen molar-refractivity contribution in [1.29, 1.82) is 0 Å². The number of thiophene rings is 1. The second-order valence-corrected chi connectivity index (χ2v) is 7.46. The molecule has 0 aliphatic heterocycles. The maximum absolute atomic E-state index is 12.1. The van der Waals surface area contributed by atoms with E-state index in [9.17, 15) is 13.2 Å². The lowest BCUT2D eigenvalue weighted by atomic mass is 10.3. The first-order valence-electron chi connectivity index (χ1n) is 5.26. The fourth-order valence-electron chi connectivity index (χ4n) is 1.38. The molecule has 0 saturated carbocycles. The third-order valence-electron chi connectivity index (χ3n) is 2.34. The summed E-state index contributed by atoms with van der Waals surface area (Å²) in [5, 5.41) is 8.83. The van der Waals surface area contributed by atoms with Gasteiger partial charge in [0, 0.05) is 6.20 Å². The van der Waals surface area contributed by atoms with Crippen LogP contribution in [0.2, 0.25) is 4.34 Å². The molecule has 0 aliphatic carbocycles. The Labute approximate surface area is 124 Å². The Morgan fingerprint density at radius 2 is 2.10 bits per heavy atom. The molecule has 2 aromatic rings. The number of halogens is 1. The van der Waals surface area contributed by atoms with Crippen molar-refractivity contribution < 1.29 is 18.3 Å². The van der Waals surface area contributed by atoms with E-state index >= 15 is 0 Å². The number of nitrogens with zero attached hydrogens (tertiary/aromatic N) is 1. The molecule has 0 radical (unpaired) electrons. The second-order valence-electron chi connectivity index (χ2n) is 3.90. The zero-order valence-electron chi connectivity index (χ0n) is 10.1. The normalized spacial score (nSPS) is 11.3. The molecule has 9 heteroatoms. The first kappa shape index (κ1) is 14.8. The van der Waals surface area contributed by atoms with Crippen molar-refractivity contribution in [3.63, 3.8) is 0 Å². The van der Waals surface area contributed by atoms with E-state index in [1.807, 2.05) is 0 Å². The maximum atomic E-state index is 12.1. The van der Waals surface area contributed by atoms with Gasteiger partial charge in [-0.05, 0) is 24.6 Å². The van der Waals surface area contributed by atoms with Gasteiger partial charge in [0.2, 0.25) is 0 Å². The molecule has 0 amide bonds. The molecule has 2 rings (SSSR count). The van der Waals surface area contributed by atoms with Crippen molar-refractivity contribution in [3.05, 3.63) is 40.0 Å². The SMILES string of the molecule is Cc1cc(S(=O)(=O)Nc2cncc(C(=O)O)c2)sc1Cl. The van der Waals surface area contributed by atoms with Gasteiger partial charge in [-0.1, -0.05) is 11.6 Å². The molecule has 2 aromatic heterocycles. The van der Waals surface area contributed by atoms with Crippen LogP contribution in [-0.2, 0) is 10.0 Å². The van der Waals surface area contributed by atoms with E-state index in [2.05, 4.69) is 9.71 Å². The van der Waals surface area contributed by atoms with Gasteiger partial charge in [-0.15, -0.1) is 11.3 Å². The number of sulfonamides is 1. The minimum absolute atomic E-state index is 0.0562. The van der Waals surface area contributed by atoms with Crippen LogP contribution in [0.25, 0.3) is 0 Å². The summed E-state index contributed by atoms with van der Waals surface area (Å²) in [4.78, 5) is 14.5. The summed E-state index contributed by atoms with van der Waals surface area (Å²) in [7, 11) is -3.81. The number of carbonyl (C=O) groups is 1. The quantitative estimate of drug-likeness (QED) is 0.897. The van der Waals surface area contributed by atoms with Gasteiger partial charge < -0.3 is 5.11 Å². The van der Waals surface area contributed by atoms with Crippen LogP contribution in [0.4, 0.5) is 5.69 Å². The van der Waals surface area contributed by atoms with E-state index < -0.39 is 16.0 Å². The molecule has 0 bridgehead atoms. The largest absolute Gasteiger partial charge is 0.478 e. The standard InChI is InChI=1S/C11H9ClN2O4S2/c1-6-2-9(19-10(6)12)20(17,18)14-8-3-7(11(15)16)4-13-5-8/h2-5,14H,1H3,(H,15,16). The molecular formula is C11H9ClN2O4S2. The summed E-state index contributed by atoms with van der Waals surface area (Å²) in [5.41, 5.74) is 0.632. The predicted molar refractivity (Wildman–Crippen MR) is 76.1 cm³/mol. The van der Waals surface area contributed by atoms with E-state index in [1.165, 1.54) is 18.3 Å². The number of anilines is 1. The molecule has 0 spiro atoms. The highest BCUT2D eigenvalue weighted by Crippen LogP contribution is 2.31. The molecule has 2 heterocycles. The number of hydrogen-bond donors (Lipinski definition) is 2. The van der Waals surface area contributed by atoms with Gasteiger partial charge in [-0.25, -0.2) is 13.2 Å². The fourth-order valence-corrected chi connectivity index (χ4v) is 4.12. The molecule has 0 atom stereocenters. The van der Waals surface area contributed by atoms with Gasteiger partial charge in [0.05, 0.1) is 21.8 Å². The number of pyridine rings is 1. The number of aryl methyl sites for hydroxylation is 1. The molecule has 0 unspecified atom stereocenters. The first-order valence-corrected chi connectivity index (χ1v) is 7.94. The van der Waals surface area contributed by atoms with Crippen LogP contribution in [0.3, 0.4) is 0 Å². The van der Waals surface area contributed by atoms with Crippen molar-refractivity contribution in [3.8, 4) is 0 Å². The van der Waals surface area contributed by atoms with Crippen molar-refractivity contribution in [1.82, 2.24) is 4.98 Å². The molecule has 0 aromatic carbocycles. The molecule has 2 N–H and O–H groups in total. The molecule has 20 heavy (non-hydrogen) atoms. The Morgan fingerprint density at radius 1 is 1.40 bits per heavy atom. The fraction of sp³-hybridized carbons (Fsp3) is 0.0909. The molecular weight excluding hydrogens is 324 g/mol. The van der Waals surface area contributed by atoms with Crippen molar-refractivity contribution in [2.24, 2.45) is 0 Å². The predicted octanol–water partition coefficient (Wildman–Crippen LogP) is 2.60. The summed E-state index contributed by atoms with van der Waals surface area (Å²) >= 11 is 6.77. The molecule has 6 nitrogen and oxygen atoms in total. The van der Waals surface area contributed by atoms with Gasteiger partial charge in [-0.3, -0.25) is 9.71 Å². The minimum Gasteiger partial charge on any atom is -0.478 e. The smallest absolute Gasteiger partial charge is 0.337 e. The van der Waals surface area contributed by atoms with Crippen molar-refractivity contribution in [2.75, 3.05) is 4.72 Å². The lowest BCUT2D eigenvalue weighted by molar-refractivity contribution is 0.0696. The number of aromatic nitrogens is 1. The maximum Gasteiger partial charge on any atom is 0.337 e. The summed E-state index contributed by atoms with van der Waals surface area (Å²) in [6, 6.07) is 2.64. The van der Waals surface area contributed by atoms with E-state index in [1.54, 1.807) is 6.92 Å². The van der Waals surface area contributed by atoms with Crippen LogP contribution in [0.1, 0.15) is 15.9 Å². The van der Waals surface area contributed by atoms with E-state index in [0.717, 1.165) is 17.5 Å². The highest BCUT2D eigenvalue weighted by atomic mass is 35.5. The van der Waals surface area contributed by atoms with Crippen LogP contribution in [-0.4, -0.2) is 24.5 Å². The molecule has 0 aliphatic rings. The number of nitrogens with one attached hydrogen (secondary N) is 1. The Hall–Kier alpha value is -1.64. The minimum atomic E-state index is -3.81. The summed E-state index contributed by atoms with van der Waals surface area (Å²) in [5.74, 6) is -1.19. The van der Waals surface area contributed by atoms with Crippen LogP contribution in [0.5, 0.6) is 0 Å². The molecule has 0 saturated heterocycles. The third-order valence-corrected chi connectivity index (χ3v) is 5.75. The van der Waals surface area contributed by atoms with Crippen LogP contribution >= 0.6 is 22.9 Å². The Bertz CT molecular complexity index is 751. The Kier molecular flexibility index (Phi) is 3.98. The van der Waals surface area contributed by atoms with Gasteiger partial charge in [0.25, 0.3) is 10.0 Å². The Morgan fingerprint density at radius 3 is 2.65 bits per heavy atom. The zero-order chi connectivity index (χ0) is 14.9. The van der Waals surface area contributed by atoms with E-state index in [0.29, 0.717) is 9.90 Å². The monoisotopic (exact) mass is 332 g/mol. The van der Waals surface area contributed by atoms with Crippen LogP contribution < -0.4 is 4.72 Å². The van der Waals surface area contributed by atoms with Gasteiger partial charge in [0.1, 0.15) is 4.21 Å². The average molecular weight is 333 g/mol. The molecule has 106 valence electrons. The molecule has 0 fully saturated rings. The summed E-state index contributed by atoms with van der Waals surface area (Å²) in [6.07, 6.45) is 2.36. The zero-order valence-corrected chi connectivity index (χ0v) is 12.5. The van der Waals surface area contributed by atoms with Crippen molar-refractivity contribution >= 4 is 44.6 Å². The number of carboxylic acids is 1. The van der Waals surface area contributed by atoms with Crippen molar-refractivity contribution in [2.45, 2.75) is 11.1 Å². The first-order chi connectivity index (χ1) is 9.29. The lowest BCUT2D eigenvalue weighted by Gasteiger charge is -2.06. The van der Waals surface area contributed by atoms with E-state index in [4.69, 9.17) is 16.7 Å². The van der Waals surface area contributed by atoms with Gasteiger partial charge in [-0.2, -0.15) is 0 Å². The van der Waals surface area contributed by atoms with Crippen LogP contribution in [0.15, 0.2) is 28.7 Å². The van der Waals surface area contributed by atoms with Crippen LogP contribution in [0, 0.1) is 6.92 Å². The highest BCUT2D eigenvalue weighted by Gasteiger charge is 2.19.